The molecule has 35 heavy (non-hydrogen) atoms. The van der Waals surface area contributed by atoms with E-state index in [1.807, 2.05) is 0 Å². The molecule has 10 nitrogen and oxygen atoms in total. The van der Waals surface area contributed by atoms with Crippen LogP contribution in [0.3, 0.4) is 0 Å². The predicted molar refractivity (Wildman–Crippen MR) is 119 cm³/mol. The maximum absolute atomic E-state index is 13.6. The predicted octanol–water partition coefficient (Wildman–Crippen LogP) is 4.58. The van der Waals surface area contributed by atoms with E-state index >= 15 is 0 Å². The van der Waals surface area contributed by atoms with Crippen LogP contribution >= 0.6 is 0 Å². The van der Waals surface area contributed by atoms with Gasteiger partial charge in [-0.05, 0) is 30.3 Å². The number of halogens is 2. The molecule has 13 heteroatoms. The lowest BCUT2D eigenvalue weighted by Crippen LogP contribution is -2.26. The summed E-state index contributed by atoms with van der Waals surface area (Å²) in [5.74, 6) is -1.18. The zero-order chi connectivity index (χ0) is 24.8. The van der Waals surface area contributed by atoms with Crippen molar-refractivity contribution in [2.45, 2.75) is 16.9 Å². The molecule has 2 heterocycles. The molecule has 1 aliphatic heterocycles. The third-order valence-corrected chi connectivity index (χ3v) is 6.66. The largest absolute Gasteiger partial charge is 0.586 e. The standard InChI is InChI=1S/C22H14F2N4O6S/c23-22(24)33-19-10-4-9-17(20(19)34-22)27-21-18(25-15-7-1-2-8-16(15)26-21)12-35(31,32)14-6-3-5-13(11-14)28(29)30/h1-11H,12H2,(H,26,27). The van der Waals surface area contributed by atoms with Crippen LogP contribution in [0.2, 0.25) is 0 Å². The first-order valence-electron chi connectivity index (χ1n) is 10.0. The van der Waals surface area contributed by atoms with Crippen LogP contribution in [0.25, 0.3) is 11.0 Å². The fourth-order valence-corrected chi connectivity index (χ4v) is 4.80. The summed E-state index contributed by atoms with van der Waals surface area (Å²) in [6.07, 6.45) is -3.86. The third-order valence-electron chi connectivity index (χ3n) is 5.04. The number of hydrogen-bond donors (Lipinski definition) is 1. The third kappa shape index (κ3) is 4.40. The van der Waals surface area contributed by atoms with Crippen LogP contribution in [0, 0.1) is 10.1 Å². The number of para-hydroxylation sites is 3. The fourth-order valence-electron chi connectivity index (χ4n) is 3.49. The Morgan fingerprint density at radius 3 is 2.43 bits per heavy atom. The summed E-state index contributed by atoms with van der Waals surface area (Å²) in [5, 5.41) is 13.9. The second-order valence-electron chi connectivity index (χ2n) is 7.45. The number of rotatable bonds is 6. The number of sulfone groups is 1. The highest BCUT2D eigenvalue weighted by molar-refractivity contribution is 7.90. The van der Waals surface area contributed by atoms with Gasteiger partial charge in [-0.1, -0.05) is 24.3 Å². The first kappa shape index (κ1) is 22.4. The minimum absolute atomic E-state index is 0.0232. The molecule has 0 spiro atoms. The van der Waals surface area contributed by atoms with E-state index in [0.717, 1.165) is 6.07 Å². The van der Waals surface area contributed by atoms with Gasteiger partial charge in [0.1, 0.15) is 5.75 Å². The van der Waals surface area contributed by atoms with Crippen molar-refractivity contribution in [3.63, 3.8) is 0 Å². The van der Waals surface area contributed by atoms with Crippen molar-refractivity contribution in [1.29, 1.82) is 0 Å². The van der Waals surface area contributed by atoms with Crippen LogP contribution in [0.4, 0.5) is 26.0 Å². The zero-order valence-electron chi connectivity index (χ0n) is 17.5. The smallest absolute Gasteiger partial charge is 0.395 e. The van der Waals surface area contributed by atoms with Crippen LogP contribution in [-0.2, 0) is 15.6 Å². The van der Waals surface area contributed by atoms with Crippen molar-refractivity contribution in [3.05, 3.63) is 82.5 Å². The Morgan fingerprint density at radius 1 is 0.971 bits per heavy atom. The van der Waals surface area contributed by atoms with Gasteiger partial charge >= 0.3 is 6.29 Å². The van der Waals surface area contributed by atoms with E-state index < -0.39 is 26.8 Å². The first-order chi connectivity index (χ1) is 16.6. The summed E-state index contributed by atoms with van der Waals surface area (Å²) < 4.78 is 62.5. The molecule has 0 saturated heterocycles. The minimum Gasteiger partial charge on any atom is -0.395 e. The van der Waals surface area contributed by atoms with Crippen LogP contribution in [-0.4, -0.2) is 29.6 Å². The monoisotopic (exact) mass is 500 g/mol. The number of non-ortho nitro benzene ring substituents is 1. The molecule has 1 aliphatic rings. The van der Waals surface area contributed by atoms with E-state index in [1.54, 1.807) is 24.3 Å². The molecule has 0 atom stereocenters. The van der Waals surface area contributed by atoms with E-state index in [4.69, 9.17) is 0 Å². The van der Waals surface area contributed by atoms with Gasteiger partial charge in [0.05, 0.1) is 32.2 Å². The Hall–Kier alpha value is -4.39. The Bertz CT molecular complexity index is 1600. The quantitative estimate of drug-likeness (QED) is 0.298. The molecule has 5 rings (SSSR count). The molecule has 0 radical (unpaired) electrons. The van der Waals surface area contributed by atoms with E-state index in [9.17, 15) is 27.3 Å². The van der Waals surface area contributed by atoms with E-state index in [1.165, 1.54) is 36.4 Å². The second kappa shape index (κ2) is 8.13. The molecular weight excluding hydrogens is 486 g/mol. The number of nitro groups is 1. The van der Waals surface area contributed by atoms with Crippen molar-refractivity contribution in [2.75, 3.05) is 5.32 Å². The Morgan fingerprint density at radius 2 is 1.69 bits per heavy atom. The molecule has 0 unspecified atom stereocenters. The van der Waals surface area contributed by atoms with Gasteiger partial charge in [-0.15, -0.1) is 8.78 Å². The number of hydrogen-bond acceptors (Lipinski definition) is 9. The molecular formula is C22H14F2N4O6S. The van der Waals surface area contributed by atoms with Crippen LogP contribution < -0.4 is 14.8 Å². The topological polar surface area (TPSA) is 134 Å². The van der Waals surface area contributed by atoms with Gasteiger partial charge in [-0.25, -0.2) is 18.4 Å². The number of nitrogens with zero attached hydrogens (tertiary/aromatic N) is 3. The van der Waals surface area contributed by atoms with Gasteiger partial charge in [0, 0.05) is 12.1 Å². The number of fused-ring (bicyclic) bond motifs is 2. The highest BCUT2D eigenvalue weighted by Gasteiger charge is 2.44. The lowest BCUT2D eigenvalue weighted by Gasteiger charge is -2.14. The average Bonchev–Trinajstić information content (AvgIpc) is 3.14. The van der Waals surface area contributed by atoms with Crippen LogP contribution in [0.1, 0.15) is 5.69 Å². The summed E-state index contributed by atoms with van der Waals surface area (Å²) in [4.78, 5) is 18.9. The maximum Gasteiger partial charge on any atom is 0.586 e. The van der Waals surface area contributed by atoms with Gasteiger partial charge in [0.2, 0.25) is 0 Å². The van der Waals surface area contributed by atoms with E-state index in [2.05, 4.69) is 24.8 Å². The molecule has 1 N–H and O–H groups in total. The maximum atomic E-state index is 13.6. The van der Waals surface area contributed by atoms with Crippen molar-refractivity contribution < 1.29 is 31.6 Å². The molecule has 1 aromatic heterocycles. The van der Waals surface area contributed by atoms with Gasteiger partial charge in [0.15, 0.2) is 27.2 Å². The molecule has 4 aromatic rings. The molecule has 0 amide bonds. The zero-order valence-corrected chi connectivity index (χ0v) is 18.3. The highest BCUT2D eigenvalue weighted by atomic mass is 32.2. The number of benzene rings is 3. The lowest BCUT2D eigenvalue weighted by molar-refractivity contribution is -0.385. The Kier molecular flexibility index (Phi) is 5.20. The molecule has 0 saturated carbocycles. The molecule has 0 aliphatic carbocycles. The average molecular weight is 500 g/mol. The number of ether oxygens (including phenoxy) is 2. The van der Waals surface area contributed by atoms with Gasteiger partial charge in [-0.3, -0.25) is 10.1 Å². The molecule has 3 aromatic carbocycles. The van der Waals surface area contributed by atoms with E-state index in [0.29, 0.717) is 11.0 Å². The number of nitrogens with one attached hydrogen (secondary N) is 1. The fraction of sp³-hybridized carbons (Fsp3) is 0.0909. The number of nitro benzene ring substituents is 1. The summed E-state index contributed by atoms with van der Waals surface area (Å²) in [5.41, 5.74) is 0.456. The van der Waals surface area contributed by atoms with Gasteiger partial charge < -0.3 is 14.8 Å². The van der Waals surface area contributed by atoms with Crippen LogP contribution in [0.5, 0.6) is 11.5 Å². The van der Waals surface area contributed by atoms with Crippen molar-refractivity contribution >= 4 is 38.1 Å². The Labute approximate surface area is 196 Å². The van der Waals surface area contributed by atoms with Gasteiger partial charge in [-0.2, -0.15) is 0 Å². The molecule has 0 fully saturated rings. The SMILES string of the molecule is O=[N+]([O-])c1cccc(S(=O)(=O)Cc2nc3ccccc3nc2Nc2cccc3c2OC(F)(F)O3)c1. The molecule has 0 bridgehead atoms. The van der Waals surface area contributed by atoms with Gasteiger partial charge in [0.25, 0.3) is 5.69 Å². The minimum atomic E-state index is -4.11. The summed E-state index contributed by atoms with van der Waals surface area (Å²) >= 11 is 0. The second-order valence-corrected chi connectivity index (χ2v) is 9.44. The lowest BCUT2D eigenvalue weighted by atomic mass is 10.2. The molecule has 178 valence electrons. The summed E-state index contributed by atoms with van der Waals surface area (Å²) in [6.45, 7) is 0. The Balaban J connectivity index is 1.58. The number of alkyl halides is 2. The van der Waals surface area contributed by atoms with Crippen molar-refractivity contribution in [2.24, 2.45) is 0 Å². The van der Waals surface area contributed by atoms with E-state index in [-0.39, 0.29) is 39.3 Å². The van der Waals surface area contributed by atoms with Crippen molar-refractivity contribution in [3.8, 4) is 11.5 Å². The van der Waals surface area contributed by atoms with Crippen LogP contribution in [0.15, 0.2) is 71.6 Å². The summed E-state index contributed by atoms with van der Waals surface area (Å²) in [6, 6.07) is 15.5. The van der Waals surface area contributed by atoms with Crippen molar-refractivity contribution in [1.82, 2.24) is 9.97 Å². The highest BCUT2D eigenvalue weighted by Crippen LogP contribution is 2.46. The summed E-state index contributed by atoms with van der Waals surface area (Å²) in [7, 11) is -4.11. The first-order valence-corrected chi connectivity index (χ1v) is 11.7. The normalized spacial score (nSPS) is 14.1. The number of aromatic nitrogens is 2. The number of anilines is 2.